The van der Waals surface area contributed by atoms with Gasteiger partial charge in [0.15, 0.2) is 0 Å². The lowest BCUT2D eigenvalue weighted by molar-refractivity contribution is -0.142. The van der Waals surface area contributed by atoms with Crippen LogP contribution in [0, 0.1) is 0 Å². The molecule has 188 valence electrons. The molecule has 1 heterocycles. The molecular weight excluding hydrogens is 458 g/mol. The highest BCUT2D eigenvalue weighted by molar-refractivity contribution is 5.94. The van der Waals surface area contributed by atoms with Crippen LogP contribution in [0.15, 0.2) is 42.9 Å². The maximum absolute atomic E-state index is 13.0. The number of nitrogens with zero attached hydrogens (tertiary/aromatic N) is 1. The maximum Gasteiger partial charge on any atom is 0.326 e. The Morgan fingerprint density at radius 3 is 2.17 bits per heavy atom. The number of carbonyl (C=O) groups is 5. The molecule has 0 saturated carbocycles. The van der Waals surface area contributed by atoms with Crippen LogP contribution in [0.5, 0.6) is 0 Å². The molecule has 0 bridgehead atoms. The first-order chi connectivity index (χ1) is 16.7. The molecule has 9 N–H and O–H groups in total. The SMILES string of the molecule is NCC(=O)NC(Cc1cnc[nH]1)C(=O)NC(CCC(N)=O)C(=O)NC(Cc1ccccc1)C(=O)O. The number of nitrogens with one attached hydrogen (secondary N) is 4. The van der Waals surface area contributed by atoms with Crippen molar-refractivity contribution in [3.8, 4) is 0 Å². The van der Waals surface area contributed by atoms with Crippen molar-refractivity contribution < 1.29 is 29.1 Å². The van der Waals surface area contributed by atoms with Crippen LogP contribution in [-0.4, -0.2) is 69.3 Å². The highest BCUT2D eigenvalue weighted by Crippen LogP contribution is 2.07. The largest absolute Gasteiger partial charge is 0.480 e. The number of carbonyl (C=O) groups excluding carboxylic acids is 4. The van der Waals surface area contributed by atoms with Gasteiger partial charge in [0.25, 0.3) is 0 Å². The monoisotopic (exact) mass is 487 g/mol. The van der Waals surface area contributed by atoms with Crippen LogP contribution in [0.1, 0.15) is 24.1 Å². The average Bonchev–Trinajstić information content (AvgIpc) is 3.34. The minimum atomic E-state index is -1.29. The van der Waals surface area contributed by atoms with Crippen LogP contribution < -0.4 is 27.4 Å². The van der Waals surface area contributed by atoms with Crippen LogP contribution in [0.3, 0.4) is 0 Å². The van der Waals surface area contributed by atoms with E-state index in [1.54, 1.807) is 30.3 Å². The summed E-state index contributed by atoms with van der Waals surface area (Å²) in [6.07, 6.45) is 2.48. The molecule has 35 heavy (non-hydrogen) atoms. The van der Waals surface area contributed by atoms with Gasteiger partial charge in [-0.2, -0.15) is 0 Å². The van der Waals surface area contributed by atoms with Crippen LogP contribution in [0.4, 0.5) is 0 Å². The molecular formula is C22H29N7O6. The number of nitrogens with two attached hydrogens (primary N) is 2. The molecule has 13 nitrogen and oxygen atoms in total. The zero-order valence-corrected chi connectivity index (χ0v) is 18.9. The van der Waals surface area contributed by atoms with E-state index in [0.717, 1.165) is 0 Å². The number of amides is 4. The Morgan fingerprint density at radius 1 is 0.943 bits per heavy atom. The van der Waals surface area contributed by atoms with Crippen molar-refractivity contribution in [2.24, 2.45) is 11.5 Å². The van der Waals surface area contributed by atoms with E-state index in [0.29, 0.717) is 11.3 Å². The van der Waals surface area contributed by atoms with Crippen LogP contribution in [-0.2, 0) is 36.8 Å². The zero-order valence-electron chi connectivity index (χ0n) is 18.9. The first-order valence-electron chi connectivity index (χ1n) is 10.8. The van der Waals surface area contributed by atoms with Gasteiger partial charge in [-0.3, -0.25) is 19.2 Å². The molecule has 3 atom stereocenters. The third-order valence-electron chi connectivity index (χ3n) is 5.03. The first-order valence-corrected chi connectivity index (χ1v) is 10.8. The van der Waals surface area contributed by atoms with E-state index >= 15 is 0 Å². The quantitative estimate of drug-likeness (QED) is 0.157. The summed E-state index contributed by atoms with van der Waals surface area (Å²) in [7, 11) is 0. The van der Waals surface area contributed by atoms with Gasteiger partial charge in [-0.1, -0.05) is 30.3 Å². The van der Waals surface area contributed by atoms with E-state index < -0.39 is 47.7 Å². The standard InChI is InChI=1S/C22H29N7O6/c23-10-19(31)27-16(9-14-11-25-12-26-14)21(33)28-15(6-7-18(24)30)20(32)29-17(22(34)35)8-13-4-2-1-3-5-13/h1-5,11-12,15-17H,6-10,23H2,(H2,24,30)(H,25,26)(H,27,31)(H,28,33)(H,29,32)(H,34,35). The van der Waals surface area contributed by atoms with Crippen LogP contribution in [0.2, 0.25) is 0 Å². The Hall–Kier alpha value is -4.26. The molecule has 2 aromatic rings. The molecule has 4 amide bonds. The number of imidazole rings is 1. The number of benzene rings is 1. The summed E-state index contributed by atoms with van der Waals surface area (Å²) >= 11 is 0. The van der Waals surface area contributed by atoms with Gasteiger partial charge in [-0.15, -0.1) is 0 Å². The molecule has 0 aliphatic rings. The Morgan fingerprint density at radius 2 is 1.60 bits per heavy atom. The molecule has 0 spiro atoms. The molecule has 0 aliphatic heterocycles. The van der Waals surface area contributed by atoms with Gasteiger partial charge in [-0.25, -0.2) is 9.78 Å². The lowest BCUT2D eigenvalue weighted by Crippen LogP contribution is -2.57. The second-order valence-electron chi connectivity index (χ2n) is 7.76. The molecule has 2 rings (SSSR count). The van der Waals surface area contributed by atoms with Gasteiger partial charge in [0.1, 0.15) is 18.1 Å². The molecule has 3 unspecified atom stereocenters. The molecule has 0 fully saturated rings. The molecule has 0 saturated heterocycles. The Labute approximate surface area is 201 Å². The second-order valence-corrected chi connectivity index (χ2v) is 7.76. The number of carboxylic acid groups (broad SMARTS) is 1. The van der Waals surface area contributed by atoms with E-state index in [4.69, 9.17) is 11.5 Å². The molecule has 0 radical (unpaired) electrons. The first kappa shape index (κ1) is 27.0. The van der Waals surface area contributed by atoms with Crippen molar-refractivity contribution in [2.75, 3.05) is 6.54 Å². The highest BCUT2D eigenvalue weighted by atomic mass is 16.4. The van der Waals surface area contributed by atoms with Gasteiger partial charge in [0.05, 0.1) is 12.9 Å². The summed E-state index contributed by atoms with van der Waals surface area (Å²) in [5.41, 5.74) is 11.8. The smallest absolute Gasteiger partial charge is 0.326 e. The van der Waals surface area contributed by atoms with Crippen LogP contribution in [0.25, 0.3) is 0 Å². The topological polar surface area (TPSA) is 222 Å². The zero-order chi connectivity index (χ0) is 25.8. The predicted octanol–water partition coefficient (Wildman–Crippen LogP) is -2.04. The Bertz CT molecular complexity index is 1010. The van der Waals surface area contributed by atoms with Crippen molar-refractivity contribution in [1.82, 2.24) is 25.9 Å². The third-order valence-corrected chi connectivity index (χ3v) is 5.03. The number of hydrogen-bond acceptors (Lipinski definition) is 7. The number of aromatic amines is 1. The Balaban J connectivity index is 2.16. The van der Waals surface area contributed by atoms with Gasteiger partial charge in [0, 0.05) is 31.2 Å². The van der Waals surface area contributed by atoms with Crippen molar-refractivity contribution in [3.05, 3.63) is 54.1 Å². The van der Waals surface area contributed by atoms with E-state index in [-0.39, 0.29) is 32.2 Å². The predicted molar refractivity (Wildman–Crippen MR) is 123 cm³/mol. The summed E-state index contributed by atoms with van der Waals surface area (Å²) in [5.74, 6) is -4.12. The van der Waals surface area contributed by atoms with Gasteiger partial charge >= 0.3 is 5.97 Å². The summed E-state index contributed by atoms with van der Waals surface area (Å²) < 4.78 is 0. The van der Waals surface area contributed by atoms with Crippen LogP contribution >= 0.6 is 0 Å². The minimum Gasteiger partial charge on any atom is -0.480 e. The summed E-state index contributed by atoms with van der Waals surface area (Å²) in [6.45, 7) is -0.363. The van der Waals surface area contributed by atoms with E-state index in [1.165, 1.54) is 12.5 Å². The highest BCUT2D eigenvalue weighted by Gasteiger charge is 2.30. The normalized spacial score (nSPS) is 13.2. The van der Waals surface area contributed by atoms with E-state index in [2.05, 4.69) is 25.9 Å². The van der Waals surface area contributed by atoms with Gasteiger partial charge in [0.2, 0.25) is 23.6 Å². The molecule has 0 aliphatic carbocycles. The minimum absolute atomic E-state index is 0.00735. The fraction of sp³-hybridized carbons (Fsp3) is 0.364. The molecule has 1 aromatic heterocycles. The molecule has 1 aromatic carbocycles. The van der Waals surface area contributed by atoms with Crippen molar-refractivity contribution in [3.63, 3.8) is 0 Å². The van der Waals surface area contributed by atoms with E-state index in [9.17, 15) is 29.1 Å². The van der Waals surface area contributed by atoms with Crippen molar-refractivity contribution >= 4 is 29.6 Å². The summed E-state index contributed by atoms with van der Waals surface area (Å²) in [5, 5.41) is 16.9. The Kier molecular flexibility index (Phi) is 10.4. The number of hydrogen-bond donors (Lipinski definition) is 7. The number of primary amides is 1. The van der Waals surface area contributed by atoms with Crippen molar-refractivity contribution in [2.45, 2.75) is 43.8 Å². The number of aliphatic carboxylic acids is 1. The third kappa shape index (κ3) is 9.25. The summed E-state index contributed by atoms with van der Waals surface area (Å²) in [4.78, 5) is 67.5. The molecule has 13 heteroatoms. The second kappa shape index (κ2) is 13.4. The number of carboxylic acids is 1. The average molecular weight is 488 g/mol. The fourth-order valence-corrected chi connectivity index (χ4v) is 3.23. The number of aromatic nitrogens is 2. The lowest BCUT2D eigenvalue weighted by Gasteiger charge is -2.24. The van der Waals surface area contributed by atoms with Gasteiger partial charge in [-0.05, 0) is 12.0 Å². The van der Waals surface area contributed by atoms with Gasteiger partial charge < -0.3 is 37.5 Å². The summed E-state index contributed by atoms with van der Waals surface area (Å²) in [6, 6.07) is 5.00. The number of H-pyrrole nitrogens is 1. The fourth-order valence-electron chi connectivity index (χ4n) is 3.23. The van der Waals surface area contributed by atoms with E-state index in [1.807, 2.05) is 0 Å². The number of rotatable bonds is 14. The maximum atomic E-state index is 13.0. The lowest BCUT2D eigenvalue weighted by atomic mass is 10.0. The van der Waals surface area contributed by atoms with Crippen molar-refractivity contribution in [1.29, 1.82) is 0 Å².